The summed E-state index contributed by atoms with van der Waals surface area (Å²) in [4.78, 5) is 25.1. The quantitative estimate of drug-likeness (QED) is 0.469. The van der Waals surface area contributed by atoms with Gasteiger partial charge in [-0.2, -0.15) is 5.90 Å². The molecule has 1 amide bonds. The number of amides is 1. The molecule has 0 radical (unpaired) electrons. The molecule has 0 fully saturated rings. The molecule has 0 saturated heterocycles. The van der Waals surface area contributed by atoms with Crippen LogP contribution < -0.4 is 11.2 Å². The monoisotopic (exact) mass is 190 g/mol. The molecule has 6 heteroatoms. The lowest BCUT2D eigenvalue weighted by Crippen LogP contribution is -2.35. The van der Waals surface area contributed by atoms with Crippen LogP contribution in [0.4, 0.5) is 4.79 Å². The van der Waals surface area contributed by atoms with Crippen molar-refractivity contribution in [3.63, 3.8) is 0 Å². The van der Waals surface area contributed by atoms with E-state index in [4.69, 9.17) is 4.74 Å². The Labute approximate surface area is 76.3 Å². The molecule has 0 spiro atoms. The van der Waals surface area contributed by atoms with Gasteiger partial charge in [0, 0.05) is 0 Å². The number of hydrogen-bond donors (Lipinski definition) is 2. The van der Waals surface area contributed by atoms with Crippen molar-refractivity contribution in [2.75, 3.05) is 6.54 Å². The van der Waals surface area contributed by atoms with Crippen molar-refractivity contribution in [1.29, 1.82) is 0 Å². The molecule has 0 aromatic heterocycles. The number of nitrogens with two attached hydrogens (primary N) is 1. The van der Waals surface area contributed by atoms with Gasteiger partial charge in [0.15, 0.2) is 0 Å². The van der Waals surface area contributed by atoms with Crippen LogP contribution in [0.3, 0.4) is 0 Å². The molecule has 0 saturated carbocycles. The summed E-state index contributed by atoms with van der Waals surface area (Å²) in [6.45, 7) is 4.93. The second-order valence-electron chi connectivity index (χ2n) is 3.35. The number of nitrogens with one attached hydrogen (secondary N) is 1. The highest BCUT2D eigenvalue weighted by atomic mass is 16.7. The summed E-state index contributed by atoms with van der Waals surface area (Å²) >= 11 is 0. The van der Waals surface area contributed by atoms with E-state index in [-0.39, 0.29) is 6.54 Å². The molecule has 13 heavy (non-hydrogen) atoms. The molecule has 0 aliphatic carbocycles. The van der Waals surface area contributed by atoms with E-state index < -0.39 is 17.7 Å². The van der Waals surface area contributed by atoms with Crippen LogP contribution in [0.15, 0.2) is 0 Å². The minimum absolute atomic E-state index is 0.257. The van der Waals surface area contributed by atoms with Gasteiger partial charge in [-0.05, 0) is 20.8 Å². The highest BCUT2D eigenvalue weighted by Gasteiger charge is 2.16. The Morgan fingerprint density at radius 3 is 2.31 bits per heavy atom. The second kappa shape index (κ2) is 4.66. The predicted octanol–water partition coefficient (Wildman–Crippen LogP) is -0.0720. The maximum absolute atomic E-state index is 10.9. The zero-order chi connectivity index (χ0) is 10.5. The first-order chi connectivity index (χ1) is 5.85. The van der Waals surface area contributed by atoms with Gasteiger partial charge in [-0.25, -0.2) is 4.79 Å². The van der Waals surface area contributed by atoms with Gasteiger partial charge in [0.25, 0.3) is 0 Å². The molecular formula is C7H14N2O4. The minimum atomic E-state index is -0.870. The average Bonchev–Trinajstić information content (AvgIpc) is 1.97. The molecular weight excluding hydrogens is 176 g/mol. The standard InChI is InChI=1S/C7H14N2O4/c1-7(2,3)12-5(10)4-9-6(11)13-8/h4,8H2,1-3H3,(H,9,11). The first-order valence-electron chi connectivity index (χ1n) is 3.71. The average molecular weight is 190 g/mol. The van der Waals surface area contributed by atoms with E-state index in [9.17, 15) is 9.59 Å². The summed E-state index contributed by atoms with van der Waals surface area (Å²) < 4.78 is 4.88. The Morgan fingerprint density at radius 2 is 1.92 bits per heavy atom. The van der Waals surface area contributed by atoms with Crippen molar-refractivity contribution in [2.45, 2.75) is 26.4 Å². The summed E-state index contributed by atoms with van der Waals surface area (Å²) in [6.07, 6.45) is -0.870. The molecule has 0 atom stereocenters. The Bertz CT molecular complexity index is 197. The summed E-state index contributed by atoms with van der Waals surface area (Å²) in [5.74, 6) is 3.98. The number of carbonyl (C=O) groups excluding carboxylic acids is 2. The molecule has 6 nitrogen and oxygen atoms in total. The third-order valence-electron chi connectivity index (χ3n) is 0.904. The van der Waals surface area contributed by atoms with Crippen molar-refractivity contribution < 1.29 is 19.2 Å². The third kappa shape index (κ3) is 7.07. The normalized spacial score (nSPS) is 10.5. The van der Waals surface area contributed by atoms with Crippen LogP contribution in [0.5, 0.6) is 0 Å². The predicted molar refractivity (Wildman–Crippen MR) is 44.5 cm³/mol. The number of ether oxygens (including phenoxy) is 1. The highest BCUT2D eigenvalue weighted by molar-refractivity contribution is 5.77. The molecule has 3 N–H and O–H groups in total. The van der Waals surface area contributed by atoms with E-state index in [1.807, 2.05) is 0 Å². The van der Waals surface area contributed by atoms with Crippen LogP contribution in [-0.2, 0) is 14.4 Å². The maximum Gasteiger partial charge on any atom is 0.426 e. The molecule has 0 bridgehead atoms. The topological polar surface area (TPSA) is 90.6 Å². The van der Waals surface area contributed by atoms with Gasteiger partial charge in [-0.3, -0.25) is 4.79 Å². The van der Waals surface area contributed by atoms with E-state index >= 15 is 0 Å². The van der Waals surface area contributed by atoms with E-state index in [2.05, 4.69) is 16.1 Å². The van der Waals surface area contributed by atoms with Gasteiger partial charge in [-0.1, -0.05) is 0 Å². The molecule has 0 aromatic carbocycles. The van der Waals surface area contributed by atoms with Crippen molar-refractivity contribution in [2.24, 2.45) is 5.90 Å². The van der Waals surface area contributed by atoms with Crippen molar-refractivity contribution in [3.8, 4) is 0 Å². The van der Waals surface area contributed by atoms with Gasteiger partial charge in [0.05, 0.1) is 0 Å². The largest absolute Gasteiger partial charge is 0.459 e. The maximum atomic E-state index is 10.9. The molecule has 0 aliphatic rings. The van der Waals surface area contributed by atoms with Crippen molar-refractivity contribution in [3.05, 3.63) is 0 Å². The fraction of sp³-hybridized carbons (Fsp3) is 0.714. The van der Waals surface area contributed by atoms with Crippen LogP contribution >= 0.6 is 0 Å². The van der Waals surface area contributed by atoms with Crippen LogP contribution in [0.25, 0.3) is 0 Å². The summed E-state index contributed by atoms with van der Waals surface area (Å²) in [6, 6.07) is 0. The van der Waals surface area contributed by atoms with Crippen molar-refractivity contribution in [1.82, 2.24) is 5.32 Å². The lowest BCUT2D eigenvalue weighted by Gasteiger charge is -2.19. The van der Waals surface area contributed by atoms with Gasteiger partial charge < -0.3 is 14.9 Å². The zero-order valence-electron chi connectivity index (χ0n) is 7.92. The zero-order valence-corrected chi connectivity index (χ0v) is 7.92. The molecule has 0 aliphatic heterocycles. The van der Waals surface area contributed by atoms with Gasteiger partial charge in [-0.15, -0.1) is 0 Å². The van der Waals surface area contributed by atoms with E-state index in [0.717, 1.165) is 0 Å². The molecule has 76 valence electrons. The Kier molecular flexibility index (Phi) is 4.19. The van der Waals surface area contributed by atoms with Crippen LogP contribution in [0.2, 0.25) is 0 Å². The highest BCUT2D eigenvalue weighted by Crippen LogP contribution is 2.05. The third-order valence-corrected chi connectivity index (χ3v) is 0.904. The summed E-state index contributed by atoms with van der Waals surface area (Å²) in [5.41, 5.74) is -0.564. The molecule has 0 unspecified atom stereocenters. The molecule has 0 aromatic rings. The van der Waals surface area contributed by atoms with Crippen LogP contribution in [0, 0.1) is 0 Å². The number of carbonyl (C=O) groups is 2. The van der Waals surface area contributed by atoms with E-state index in [1.54, 1.807) is 20.8 Å². The van der Waals surface area contributed by atoms with Crippen molar-refractivity contribution >= 4 is 12.1 Å². The second-order valence-corrected chi connectivity index (χ2v) is 3.35. The van der Waals surface area contributed by atoms with E-state index in [1.165, 1.54) is 0 Å². The van der Waals surface area contributed by atoms with Gasteiger partial charge in [0.2, 0.25) is 0 Å². The number of rotatable bonds is 2. The Balaban J connectivity index is 3.71. The fourth-order valence-electron chi connectivity index (χ4n) is 0.564. The molecule has 0 rings (SSSR count). The lowest BCUT2D eigenvalue weighted by atomic mass is 10.2. The molecule has 0 heterocycles. The summed E-state index contributed by atoms with van der Waals surface area (Å²) in [7, 11) is 0. The van der Waals surface area contributed by atoms with Crippen LogP contribution in [-0.4, -0.2) is 24.2 Å². The summed E-state index contributed by atoms with van der Waals surface area (Å²) in [5, 5.41) is 2.09. The SMILES string of the molecule is CC(C)(C)OC(=O)CNC(=O)ON. The first-order valence-corrected chi connectivity index (χ1v) is 3.71. The smallest absolute Gasteiger partial charge is 0.426 e. The lowest BCUT2D eigenvalue weighted by molar-refractivity contribution is -0.153. The van der Waals surface area contributed by atoms with Crippen LogP contribution in [0.1, 0.15) is 20.8 Å². The first kappa shape index (κ1) is 11.7. The Morgan fingerprint density at radius 1 is 1.38 bits per heavy atom. The van der Waals surface area contributed by atoms with Gasteiger partial charge in [0.1, 0.15) is 12.1 Å². The Hall–Kier alpha value is -1.30. The number of esters is 1. The minimum Gasteiger partial charge on any atom is -0.459 e. The number of hydrogen-bond acceptors (Lipinski definition) is 5. The van der Waals surface area contributed by atoms with E-state index in [0.29, 0.717) is 0 Å². The fourth-order valence-corrected chi connectivity index (χ4v) is 0.564. The van der Waals surface area contributed by atoms with Gasteiger partial charge >= 0.3 is 12.1 Å².